The first-order valence-electron chi connectivity index (χ1n) is 7.37. The molecule has 0 aliphatic carbocycles. The number of amidine groups is 1. The summed E-state index contributed by atoms with van der Waals surface area (Å²) in [5.74, 6) is 0.0633. The van der Waals surface area contributed by atoms with Crippen molar-refractivity contribution in [1.29, 1.82) is 0 Å². The predicted molar refractivity (Wildman–Crippen MR) is 104 cm³/mol. The molecule has 0 fully saturated rings. The quantitative estimate of drug-likeness (QED) is 0.572. The smallest absolute Gasteiger partial charge is 0.284 e. The topological polar surface area (TPSA) is 68.1 Å². The highest BCUT2D eigenvalue weighted by atomic mass is 35.5. The molecule has 0 N–H and O–H groups in total. The number of halogens is 1. The van der Waals surface area contributed by atoms with Crippen LogP contribution in [0.25, 0.3) is 0 Å². The van der Waals surface area contributed by atoms with Crippen LogP contribution in [0, 0.1) is 0 Å². The van der Waals surface area contributed by atoms with E-state index in [-0.39, 0.29) is 10.7 Å². The van der Waals surface area contributed by atoms with Gasteiger partial charge in [0.15, 0.2) is 5.84 Å². The zero-order valence-corrected chi connectivity index (χ0v) is 16.1. The van der Waals surface area contributed by atoms with Gasteiger partial charge in [0.2, 0.25) is 0 Å². The van der Waals surface area contributed by atoms with E-state index in [4.69, 9.17) is 16.3 Å². The number of thioether (sulfide) groups is 1. The fraction of sp³-hybridized carbons (Fsp3) is 0.176. The Hall–Kier alpha value is -1.83. The number of sulfonamides is 1. The molecule has 0 aromatic heterocycles. The van der Waals surface area contributed by atoms with Gasteiger partial charge < -0.3 is 4.74 Å². The molecule has 25 heavy (non-hydrogen) atoms. The highest BCUT2D eigenvalue weighted by Crippen LogP contribution is 2.18. The Morgan fingerprint density at radius 3 is 2.32 bits per heavy atom. The van der Waals surface area contributed by atoms with Crippen molar-refractivity contribution in [3.05, 3.63) is 65.2 Å². The lowest BCUT2D eigenvalue weighted by molar-refractivity contribution is 0.338. The fourth-order valence-electron chi connectivity index (χ4n) is 1.84. The normalized spacial score (nSPS) is 12.9. The summed E-state index contributed by atoms with van der Waals surface area (Å²) in [5.41, 5.74) is 0.575. The molecule has 132 valence electrons. The number of aliphatic imine (C=N–C) groups is 1. The Kier molecular flexibility index (Phi) is 7.04. The van der Waals surface area contributed by atoms with E-state index in [0.717, 1.165) is 0 Å². The van der Waals surface area contributed by atoms with Gasteiger partial charge in [0.05, 0.1) is 11.5 Å². The summed E-state index contributed by atoms with van der Waals surface area (Å²) in [5, 5.41) is 0.793. The van der Waals surface area contributed by atoms with Crippen LogP contribution in [-0.2, 0) is 14.8 Å². The Bertz CT molecular complexity index is 865. The molecule has 2 rings (SSSR count). The predicted octanol–water partition coefficient (Wildman–Crippen LogP) is 4.23. The van der Waals surface area contributed by atoms with Gasteiger partial charge in [-0.2, -0.15) is 13.4 Å². The molecule has 0 atom stereocenters. The van der Waals surface area contributed by atoms with Crippen LogP contribution in [0.1, 0.15) is 12.5 Å². The maximum Gasteiger partial charge on any atom is 0.284 e. The molecule has 5 nitrogen and oxygen atoms in total. The molecule has 0 radical (unpaired) electrons. The molecule has 0 aliphatic heterocycles. The Morgan fingerprint density at radius 2 is 1.76 bits per heavy atom. The van der Waals surface area contributed by atoms with Crippen molar-refractivity contribution >= 4 is 44.5 Å². The lowest BCUT2D eigenvalue weighted by atomic mass is 10.2. The van der Waals surface area contributed by atoms with Gasteiger partial charge in [-0.15, -0.1) is 4.40 Å². The molecule has 8 heteroatoms. The van der Waals surface area contributed by atoms with Crippen LogP contribution < -0.4 is 0 Å². The van der Waals surface area contributed by atoms with Crippen LogP contribution in [0.2, 0.25) is 5.02 Å². The first kappa shape index (κ1) is 19.5. The van der Waals surface area contributed by atoms with Crippen molar-refractivity contribution in [1.82, 2.24) is 0 Å². The molecular weight excluding hydrogens is 380 g/mol. The first-order valence-corrected chi connectivity index (χ1v) is 10.4. The third-order valence-corrected chi connectivity index (χ3v) is 5.08. The van der Waals surface area contributed by atoms with Gasteiger partial charge in [-0.3, -0.25) is 0 Å². The van der Waals surface area contributed by atoms with E-state index >= 15 is 0 Å². The van der Waals surface area contributed by atoms with Gasteiger partial charge in [-0.05, 0) is 37.4 Å². The molecule has 0 saturated carbocycles. The monoisotopic (exact) mass is 396 g/mol. The van der Waals surface area contributed by atoms with Crippen LogP contribution in [-0.4, -0.2) is 32.3 Å². The molecule has 0 spiro atoms. The van der Waals surface area contributed by atoms with Crippen molar-refractivity contribution < 1.29 is 13.2 Å². The highest BCUT2D eigenvalue weighted by molar-refractivity contribution is 8.13. The standard InChI is InChI=1S/C17H17ClN2O3S2/c1-3-23-17(24-2)19-16(13-7-5-4-6-8-13)20-25(21,22)15-11-9-14(18)10-12-15/h4-12H,3H2,1-2H3/b19-17?,20-16-. The Balaban J connectivity index is 2.54. The van der Waals surface area contributed by atoms with Crippen molar-refractivity contribution in [3.8, 4) is 0 Å². The number of benzene rings is 2. The molecule has 0 heterocycles. The number of nitrogens with zero attached hydrogens (tertiary/aromatic N) is 2. The Labute approximate surface area is 156 Å². The van der Waals surface area contributed by atoms with Crippen molar-refractivity contribution in [3.63, 3.8) is 0 Å². The summed E-state index contributed by atoms with van der Waals surface area (Å²) in [7, 11) is -3.94. The third kappa shape index (κ3) is 5.59. The second-order valence-corrected chi connectivity index (χ2v) is 7.52. The van der Waals surface area contributed by atoms with Crippen molar-refractivity contribution in [2.75, 3.05) is 12.9 Å². The minimum Gasteiger partial charge on any atom is -0.473 e. The van der Waals surface area contributed by atoms with Crippen molar-refractivity contribution in [2.24, 2.45) is 9.39 Å². The SMILES string of the molecule is CCOC(=N/C(=N\S(=O)(=O)c1ccc(Cl)cc1)c1ccccc1)SC. The van der Waals surface area contributed by atoms with E-state index in [1.54, 1.807) is 30.5 Å². The third-order valence-electron chi connectivity index (χ3n) is 2.99. The van der Waals surface area contributed by atoms with Crippen LogP contribution in [0.15, 0.2) is 68.9 Å². The van der Waals surface area contributed by atoms with Gasteiger partial charge in [-0.1, -0.05) is 53.7 Å². The molecule has 2 aromatic rings. The Morgan fingerprint density at radius 1 is 1.12 bits per heavy atom. The average Bonchev–Trinajstić information content (AvgIpc) is 2.61. The minimum atomic E-state index is -3.94. The molecular formula is C17H17ClN2O3S2. The van der Waals surface area contributed by atoms with Gasteiger partial charge in [0.25, 0.3) is 15.3 Å². The van der Waals surface area contributed by atoms with Crippen LogP contribution in [0.3, 0.4) is 0 Å². The highest BCUT2D eigenvalue weighted by Gasteiger charge is 2.16. The van der Waals surface area contributed by atoms with Crippen molar-refractivity contribution in [2.45, 2.75) is 11.8 Å². The summed E-state index contributed by atoms with van der Waals surface area (Å²) in [4.78, 5) is 4.33. The van der Waals surface area contributed by atoms with Gasteiger partial charge in [-0.25, -0.2) is 0 Å². The van der Waals surface area contributed by atoms with Gasteiger partial charge in [0.1, 0.15) is 0 Å². The molecule has 0 bridgehead atoms. The van der Waals surface area contributed by atoms with Crippen LogP contribution >= 0.6 is 23.4 Å². The lowest BCUT2D eigenvalue weighted by Crippen LogP contribution is -2.09. The number of ether oxygens (including phenoxy) is 1. The van der Waals surface area contributed by atoms with E-state index in [0.29, 0.717) is 22.4 Å². The van der Waals surface area contributed by atoms with E-state index in [2.05, 4.69) is 9.39 Å². The second kappa shape index (κ2) is 9.03. The lowest BCUT2D eigenvalue weighted by Gasteiger charge is -2.07. The molecule has 2 aromatic carbocycles. The van der Waals surface area contributed by atoms with Crippen LogP contribution in [0.4, 0.5) is 0 Å². The summed E-state index contributed by atoms with van der Waals surface area (Å²) in [6.45, 7) is 2.25. The first-order chi connectivity index (χ1) is 12.0. The zero-order chi connectivity index (χ0) is 18.3. The summed E-state index contributed by atoms with van der Waals surface area (Å²) < 4.78 is 34.5. The van der Waals surface area contributed by atoms with E-state index < -0.39 is 10.0 Å². The summed E-state index contributed by atoms with van der Waals surface area (Å²) in [6.07, 6.45) is 1.80. The van der Waals surface area contributed by atoms with E-state index in [1.165, 1.54) is 36.0 Å². The van der Waals surface area contributed by atoms with E-state index in [9.17, 15) is 8.42 Å². The maximum absolute atomic E-state index is 12.6. The molecule has 0 saturated heterocycles. The van der Waals surface area contributed by atoms with E-state index in [1.807, 2.05) is 13.0 Å². The fourth-order valence-corrected chi connectivity index (χ4v) is 3.34. The molecule has 0 unspecified atom stereocenters. The van der Waals surface area contributed by atoms with Gasteiger partial charge >= 0.3 is 0 Å². The number of rotatable bonds is 4. The minimum absolute atomic E-state index is 0.0441. The number of hydrogen-bond donors (Lipinski definition) is 0. The second-order valence-electron chi connectivity index (χ2n) is 4.72. The van der Waals surface area contributed by atoms with Crippen LogP contribution in [0.5, 0.6) is 0 Å². The summed E-state index contributed by atoms with van der Waals surface area (Å²) in [6, 6.07) is 14.7. The van der Waals surface area contributed by atoms with Gasteiger partial charge in [0, 0.05) is 10.6 Å². The average molecular weight is 397 g/mol. The zero-order valence-electron chi connectivity index (χ0n) is 13.7. The summed E-state index contributed by atoms with van der Waals surface area (Å²) >= 11 is 7.09. The maximum atomic E-state index is 12.6. The molecule has 0 aliphatic rings. The number of hydrogen-bond acceptors (Lipinski definition) is 4. The largest absolute Gasteiger partial charge is 0.473 e. The molecule has 0 amide bonds.